The molecule has 1 aromatic heterocycles. The van der Waals surface area contributed by atoms with Crippen molar-refractivity contribution >= 4 is 57.4 Å². The summed E-state index contributed by atoms with van der Waals surface area (Å²) in [6, 6.07) is 28.2. The van der Waals surface area contributed by atoms with E-state index in [0.29, 0.717) is 5.56 Å². The quantitative estimate of drug-likeness (QED) is 0.164. The van der Waals surface area contributed by atoms with E-state index in [4.69, 9.17) is 5.79 Å². The maximum Gasteiger partial charge on any atom is 0.297 e. The molecule has 0 radical (unpaired) electrons. The van der Waals surface area contributed by atoms with E-state index in [-0.39, 0.29) is 96.6 Å². The predicted octanol–water partition coefficient (Wildman–Crippen LogP) is 20.4. The SMILES string of the molecule is [2H]c1c([2H])c([2H])c(-c2cc3c(cc2-c2cc4c5c(c2)N(c2ccc6c(c2)C(C)(C)CCC6(C)C)c2c(oc6c2C(C)(C)CCC6(C)C)B5c2cc5c(cc2N4c2ccc4c(c2)C(C)(C)CCC4(C)C)C(C)(C)CCC5(C)C)C(C)(C)CCC3(C)C)c([2H])c1[2H]. The van der Waals surface area contributed by atoms with Crippen molar-refractivity contribution in [2.75, 3.05) is 9.80 Å². The minimum atomic E-state index is -0.383. The highest BCUT2D eigenvalue weighted by molar-refractivity contribution is 6.99. The number of rotatable bonds is 4. The molecule has 2 aliphatic heterocycles. The lowest BCUT2D eigenvalue weighted by atomic mass is 9.35. The van der Waals surface area contributed by atoms with Gasteiger partial charge in [-0.15, -0.1) is 0 Å². The molecule has 4 heteroatoms. The molecule has 3 heterocycles. The molecule has 6 aromatic carbocycles. The molecule has 0 amide bonds. The Morgan fingerprint density at radius 3 is 1.24 bits per heavy atom. The van der Waals surface area contributed by atoms with Gasteiger partial charge in [-0.05, 0) is 245 Å². The fraction of sp³-hybridized carbons (Fsp3) is 0.500. The molecular weight excluding hydrogens is 1020 g/mol. The number of furan rings is 1. The Morgan fingerprint density at radius 2 is 0.750 bits per heavy atom. The molecule has 0 atom stereocenters. The van der Waals surface area contributed by atoms with Crippen LogP contribution in [0.2, 0.25) is 0 Å². The Bertz CT molecular complexity index is 4230. The number of anilines is 6. The van der Waals surface area contributed by atoms with Gasteiger partial charge in [0.1, 0.15) is 5.76 Å². The fourth-order valence-electron chi connectivity index (χ4n) is 17.4. The average Bonchev–Trinajstić information content (AvgIpc) is 1.66. The number of hydrogen-bond acceptors (Lipinski definition) is 3. The highest BCUT2D eigenvalue weighted by Gasteiger charge is 2.54. The van der Waals surface area contributed by atoms with Crippen LogP contribution >= 0.6 is 0 Å². The number of hydrogen-bond donors (Lipinski definition) is 0. The number of fused-ring (bicyclic) bond motifs is 10. The van der Waals surface area contributed by atoms with Crippen LogP contribution in [-0.2, 0) is 54.1 Å². The van der Waals surface area contributed by atoms with Crippen LogP contribution in [0.3, 0.4) is 0 Å². The maximum absolute atomic E-state index is 9.82. The van der Waals surface area contributed by atoms with Crippen LogP contribution in [0.5, 0.6) is 0 Å². The minimum absolute atomic E-state index is 0.000375. The van der Waals surface area contributed by atoms with Crippen LogP contribution in [0.4, 0.5) is 34.1 Å². The molecule has 0 bridgehead atoms. The fourth-order valence-corrected chi connectivity index (χ4v) is 17.4. The van der Waals surface area contributed by atoms with E-state index in [1.165, 1.54) is 66.7 Å². The topological polar surface area (TPSA) is 19.6 Å². The molecule has 436 valence electrons. The summed E-state index contributed by atoms with van der Waals surface area (Å²) in [5.41, 5.74) is 23.8. The third-order valence-corrected chi connectivity index (χ3v) is 23.8. The van der Waals surface area contributed by atoms with Gasteiger partial charge in [-0.1, -0.05) is 187 Å². The second-order valence-corrected chi connectivity index (χ2v) is 34.2. The molecule has 7 aliphatic rings. The van der Waals surface area contributed by atoms with Crippen LogP contribution in [0.15, 0.2) is 107 Å². The van der Waals surface area contributed by atoms with Crippen molar-refractivity contribution in [1.29, 1.82) is 0 Å². The van der Waals surface area contributed by atoms with Crippen molar-refractivity contribution in [3.63, 3.8) is 0 Å². The lowest BCUT2D eigenvalue weighted by Crippen LogP contribution is -2.61. The first-order valence-corrected chi connectivity index (χ1v) is 32.3. The standard InChI is InChI=1S/C80H97BN2O/c1-71(2)30-32-73(5,6)56-42-50(26-28-54(56)71)82-63-47-61-60(77(13,14)36-37-78(61,15)16)46-62(63)81-67-64(82)40-49(53-45-59-58(75(9,10)34-35-76(59,11)12)44-52(53)48-24-22-21-23-25-48)41-65(67)83(51-27-29-55-57(43-51)74(7,8)33-31-72(55,3)4)68-66-69(84-70(68)81)80(19,20)39-38-79(66,17)18/h21-29,40-47H,30-39H2,1-20H3/i21D,22D,23D,24D,25D. The molecule has 0 fully saturated rings. The molecule has 84 heavy (non-hydrogen) atoms. The van der Waals surface area contributed by atoms with E-state index in [1.807, 2.05) is 0 Å². The zero-order valence-corrected chi connectivity index (χ0v) is 54.9. The molecule has 0 N–H and O–H groups in total. The second-order valence-electron chi connectivity index (χ2n) is 34.2. The minimum Gasteiger partial charge on any atom is -0.472 e. The van der Waals surface area contributed by atoms with E-state index in [2.05, 4.69) is 221 Å². The Kier molecular flexibility index (Phi) is 10.5. The van der Waals surface area contributed by atoms with E-state index >= 15 is 0 Å². The Morgan fingerprint density at radius 1 is 0.369 bits per heavy atom. The molecule has 0 saturated carbocycles. The number of nitrogens with zero attached hydrogens (tertiary/aromatic N) is 2. The summed E-state index contributed by atoms with van der Waals surface area (Å²) in [4.78, 5) is 5.28. The van der Waals surface area contributed by atoms with Crippen LogP contribution in [-0.4, -0.2) is 6.71 Å². The van der Waals surface area contributed by atoms with Crippen LogP contribution in [0.1, 0.15) is 265 Å². The zero-order valence-electron chi connectivity index (χ0n) is 59.9. The van der Waals surface area contributed by atoms with E-state index in [1.54, 1.807) is 0 Å². The van der Waals surface area contributed by atoms with Crippen molar-refractivity contribution < 1.29 is 11.3 Å². The third kappa shape index (κ3) is 8.08. The van der Waals surface area contributed by atoms with Crippen molar-refractivity contribution in [3.8, 4) is 22.3 Å². The van der Waals surface area contributed by atoms with Gasteiger partial charge in [0.15, 0.2) is 0 Å². The largest absolute Gasteiger partial charge is 0.472 e. The van der Waals surface area contributed by atoms with Crippen molar-refractivity contribution in [3.05, 3.63) is 159 Å². The normalized spacial score (nSPS) is 23.8. The third-order valence-electron chi connectivity index (χ3n) is 23.8. The molecular formula is C80H97BN2O. The average molecular weight is 1120 g/mol. The van der Waals surface area contributed by atoms with Gasteiger partial charge in [0, 0.05) is 39.4 Å². The molecule has 0 saturated heterocycles. The van der Waals surface area contributed by atoms with Gasteiger partial charge in [0.2, 0.25) is 0 Å². The van der Waals surface area contributed by atoms with Gasteiger partial charge in [-0.25, -0.2) is 0 Å². The molecule has 0 unspecified atom stereocenters. The monoisotopic (exact) mass is 1120 g/mol. The van der Waals surface area contributed by atoms with Crippen LogP contribution < -0.4 is 26.4 Å². The summed E-state index contributed by atoms with van der Waals surface area (Å²) < 4.78 is 55.0. The summed E-state index contributed by atoms with van der Waals surface area (Å²) in [6.07, 6.45) is 10.6. The van der Waals surface area contributed by atoms with Gasteiger partial charge in [0.25, 0.3) is 6.71 Å². The Hall–Kier alpha value is -5.74. The smallest absolute Gasteiger partial charge is 0.297 e. The molecule has 0 spiro atoms. The Labute approximate surface area is 513 Å². The van der Waals surface area contributed by atoms with Crippen molar-refractivity contribution in [1.82, 2.24) is 0 Å². The van der Waals surface area contributed by atoms with Gasteiger partial charge in [-0.2, -0.15) is 0 Å². The van der Waals surface area contributed by atoms with Crippen LogP contribution in [0, 0.1) is 0 Å². The van der Waals surface area contributed by atoms with Gasteiger partial charge in [-0.3, -0.25) is 0 Å². The molecule has 5 aliphatic carbocycles. The lowest BCUT2D eigenvalue weighted by Gasteiger charge is -2.48. The zero-order chi connectivity index (χ0) is 64.2. The first kappa shape index (κ1) is 50.4. The predicted molar refractivity (Wildman–Crippen MR) is 360 cm³/mol. The van der Waals surface area contributed by atoms with Gasteiger partial charge in [0.05, 0.1) is 18.2 Å². The first-order chi connectivity index (χ1) is 41.1. The maximum atomic E-state index is 9.82. The van der Waals surface area contributed by atoms with Crippen LogP contribution in [0.25, 0.3) is 22.3 Å². The summed E-state index contributed by atoms with van der Waals surface area (Å²) >= 11 is 0. The molecule has 14 rings (SSSR count). The van der Waals surface area contributed by atoms with E-state index in [0.717, 1.165) is 115 Å². The van der Waals surface area contributed by atoms with Gasteiger partial charge >= 0.3 is 0 Å². The van der Waals surface area contributed by atoms with Gasteiger partial charge < -0.3 is 14.2 Å². The summed E-state index contributed by atoms with van der Waals surface area (Å²) in [6.45, 7) is 48.1. The van der Waals surface area contributed by atoms with Crippen molar-refractivity contribution in [2.24, 2.45) is 0 Å². The summed E-state index contributed by atoms with van der Waals surface area (Å²) in [5.74, 6) is 1.09. The Balaban J connectivity index is 1.20. The van der Waals surface area contributed by atoms with E-state index < -0.39 is 0 Å². The van der Waals surface area contributed by atoms with E-state index in [9.17, 15) is 5.48 Å². The number of benzene rings is 6. The highest BCUT2D eigenvalue weighted by atomic mass is 16.3. The summed E-state index contributed by atoms with van der Waals surface area (Å²) in [5, 5.41) is 0. The lowest BCUT2D eigenvalue weighted by molar-refractivity contribution is 0.282. The molecule has 7 aromatic rings. The second kappa shape index (κ2) is 17.5. The van der Waals surface area contributed by atoms with Crippen molar-refractivity contribution in [2.45, 2.75) is 257 Å². The summed E-state index contributed by atoms with van der Waals surface area (Å²) in [7, 11) is 0. The molecule has 3 nitrogen and oxygen atoms in total. The highest BCUT2D eigenvalue weighted by Crippen LogP contribution is 2.59. The first-order valence-electron chi connectivity index (χ1n) is 34.8.